The van der Waals surface area contributed by atoms with Crippen molar-refractivity contribution in [2.24, 2.45) is 11.8 Å². The van der Waals surface area contributed by atoms with E-state index >= 15 is 0 Å². The number of aliphatic hydroxyl groups excluding tert-OH is 4. The van der Waals surface area contributed by atoms with Crippen LogP contribution in [0.1, 0.15) is 38.5 Å². The highest BCUT2D eigenvalue weighted by molar-refractivity contribution is 5.71. The molecule has 0 aromatic heterocycles. The summed E-state index contributed by atoms with van der Waals surface area (Å²) < 4.78 is 16.6. The number of carboxylic acids is 1. The third kappa shape index (κ3) is 5.21. The minimum absolute atomic E-state index is 0.306. The van der Waals surface area contributed by atoms with E-state index in [1.54, 1.807) is 0 Å². The molecule has 172 valence electrons. The van der Waals surface area contributed by atoms with E-state index in [9.17, 15) is 30.0 Å². The van der Waals surface area contributed by atoms with E-state index in [1.165, 1.54) is 4.90 Å². The number of ether oxygens (including phenoxy) is 3. The molecule has 3 rings (SSSR count). The summed E-state index contributed by atoms with van der Waals surface area (Å²) in [6.07, 6.45) is -3.90. The normalized spacial score (nSPS) is 38.3. The standard InChI is InChI=1S/C19H31NO10/c21-9-11-14(22)17(26)30-18(15(11)23)28-12-3-1-2-4-13(12)29-19(27)20-7-5-10(6-8-20)16(24)25/h10-15,17-18,21-23,26H,1-9H2,(H,24,25)/t11-,12?,13?,14-,15-,17-,18-/m0/s1. The number of rotatable bonds is 5. The molecule has 3 fully saturated rings. The lowest BCUT2D eigenvalue weighted by Crippen LogP contribution is -2.57. The largest absolute Gasteiger partial charge is 0.481 e. The van der Waals surface area contributed by atoms with Crippen molar-refractivity contribution in [1.82, 2.24) is 4.90 Å². The van der Waals surface area contributed by atoms with Crippen molar-refractivity contribution in [2.75, 3.05) is 19.7 Å². The van der Waals surface area contributed by atoms with E-state index < -0.39 is 67.5 Å². The number of likely N-dealkylation sites (tertiary alicyclic amines) is 1. The minimum atomic E-state index is -1.62. The Morgan fingerprint density at radius 1 is 0.967 bits per heavy atom. The Hall–Kier alpha value is -1.50. The summed E-state index contributed by atoms with van der Waals surface area (Å²) in [5.74, 6) is -2.34. The number of hydrogen-bond donors (Lipinski definition) is 5. The number of carbonyl (C=O) groups excluding carboxylic acids is 1. The Kier molecular flexibility index (Phi) is 7.88. The van der Waals surface area contributed by atoms with E-state index in [0.717, 1.165) is 12.8 Å². The molecule has 2 heterocycles. The first-order valence-electron chi connectivity index (χ1n) is 10.5. The number of carboxylic acid groups (broad SMARTS) is 1. The van der Waals surface area contributed by atoms with E-state index in [4.69, 9.17) is 19.3 Å². The van der Waals surface area contributed by atoms with Gasteiger partial charge in [0.2, 0.25) is 0 Å². The second-order valence-corrected chi connectivity index (χ2v) is 8.20. The first-order valence-corrected chi connectivity index (χ1v) is 10.5. The van der Waals surface area contributed by atoms with Crippen molar-refractivity contribution in [3.8, 4) is 0 Å². The highest BCUT2D eigenvalue weighted by Gasteiger charge is 2.46. The summed E-state index contributed by atoms with van der Waals surface area (Å²) in [5, 5.41) is 48.5. The van der Waals surface area contributed by atoms with Crippen molar-refractivity contribution >= 4 is 12.1 Å². The summed E-state index contributed by atoms with van der Waals surface area (Å²) in [6.45, 7) is 0.0551. The molecule has 1 aliphatic carbocycles. The Labute approximate surface area is 174 Å². The smallest absolute Gasteiger partial charge is 0.410 e. The molecule has 7 atom stereocenters. The molecular weight excluding hydrogens is 402 g/mol. The Balaban J connectivity index is 1.57. The predicted molar refractivity (Wildman–Crippen MR) is 99.0 cm³/mol. The number of amides is 1. The van der Waals surface area contributed by atoms with Crippen LogP contribution in [0.25, 0.3) is 0 Å². The number of piperidine rings is 1. The number of nitrogens with zero attached hydrogens (tertiary/aromatic N) is 1. The maximum atomic E-state index is 12.6. The van der Waals surface area contributed by atoms with Gasteiger partial charge in [-0.3, -0.25) is 4.79 Å². The third-order valence-electron chi connectivity index (χ3n) is 6.24. The molecule has 0 aromatic carbocycles. The van der Waals surface area contributed by atoms with Gasteiger partial charge in [0.1, 0.15) is 18.3 Å². The van der Waals surface area contributed by atoms with Crippen LogP contribution in [0.5, 0.6) is 0 Å². The molecule has 0 spiro atoms. The molecule has 1 saturated carbocycles. The van der Waals surface area contributed by atoms with E-state index in [0.29, 0.717) is 38.8 Å². The molecule has 5 N–H and O–H groups in total. The molecule has 11 nitrogen and oxygen atoms in total. The van der Waals surface area contributed by atoms with Crippen LogP contribution in [0.15, 0.2) is 0 Å². The van der Waals surface area contributed by atoms with Gasteiger partial charge in [0.25, 0.3) is 0 Å². The molecule has 30 heavy (non-hydrogen) atoms. The number of carbonyl (C=O) groups is 2. The third-order valence-corrected chi connectivity index (χ3v) is 6.24. The van der Waals surface area contributed by atoms with Gasteiger partial charge in [-0.25, -0.2) is 4.79 Å². The maximum absolute atomic E-state index is 12.6. The van der Waals surface area contributed by atoms with Crippen LogP contribution in [0.2, 0.25) is 0 Å². The van der Waals surface area contributed by atoms with Crippen LogP contribution in [0.4, 0.5) is 4.79 Å². The van der Waals surface area contributed by atoms with Gasteiger partial charge in [-0.1, -0.05) is 6.42 Å². The lowest BCUT2D eigenvalue weighted by Gasteiger charge is -2.42. The van der Waals surface area contributed by atoms with Gasteiger partial charge in [0.15, 0.2) is 12.6 Å². The van der Waals surface area contributed by atoms with E-state index in [-0.39, 0.29) is 0 Å². The number of aliphatic hydroxyl groups is 4. The van der Waals surface area contributed by atoms with E-state index in [1.807, 2.05) is 0 Å². The molecule has 0 radical (unpaired) electrons. The minimum Gasteiger partial charge on any atom is -0.481 e. The Morgan fingerprint density at radius 3 is 2.20 bits per heavy atom. The molecule has 0 aromatic rings. The van der Waals surface area contributed by atoms with Gasteiger partial charge in [-0.2, -0.15) is 0 Å². The number of aliphatic carboxylic acids is 1. The first-order chi connectivity index (χ1) is 14.3. The predicted octanol–water partition coefficient (Wildman–Crippen LogP) is -0.748. The monoisotopic (exact) mass is 433 g/mol. The fourth-order valence-corrected chi connectivity index (χ4v) is 4.28. The first kappa shape index (κ1) is 23.2. The van der Waals surface area contributed by atoms with Gasteiger partial charge < -0.3 is 44.6 Å². The zero-order chi connectivity index (χ0) is 21.8. The van der Waals surface area contributed by atoms with E-state index in [2.05, 4.69) is 0 Å². The molecule has 3 aliphatic rings. The molecule has 2 aliphatic heterocycles. The zero-order valence-corrected chi connectivity index (χ0v) is 16.7. The highest BCUT2D eigenvalue weighted by Crippen LogP contribution is 2.31. The lowest BCUT2D eigenvalue weighted by atomic mass is 9.92. The van der Waals surface area contributed by atoms with Crippen LogP contribution in [0, 0.1) is 11.8 Å². The molecule has 1 amide bonds. The van der Waals surface area contributed by atoms with Crippen molar-refractivity contribution < 1.29 is 49.3 Å². The van der Waals surface area contributed by atoms with Crippen molar-refractivity contribution in [3.05, 3.63) is 0 Å². The van der Waals surface area contributed by atoms with Gasteiger partial charge in [0.05, 0.1) is 18.6 Å². The van der Waals surface area contributed by atoms with Gasteiger partial charge in [-0.05, 0) is 32.1 Å². The highest BCUT2D eigenvalue weighted by atomic mass is 16.8. The van der Waals surface area contributed by atoms with Crippen molar-refractivity contribution in [1.29, 1.82) is 0 Å². The molecule has 2 unspecified atom stereocenters. The Morgan fingerprint density at radius 2 is 1.60 bits per heavy atom. The van der Waals surface area contributed by atoms with Crippen molar-refractivity contribution in [2.45, 2.75) is 75.5 Å². The zero-order valence-electron chi connectivity index (χ0n) is 16.7. The SMILES string of the molecule is O=C(O)C1CCN(C(=O)OC2CCCCC2O[C@H]2O[C@H](O)[C@@H](O)[C@H](CO)[C@@H]2O)CC1. The van der Waals surface area contributed by atoms with Crippen molar-refractivity contribution in [3.63, 3.8) is 0 Å². The molecule has 11 heteroatoms. The quantitative estimate of drug-likeness (QED) is 0.372. The summed E-state index contributed by atoms with van der Waals surface area (Å²) in [4.78, 5) is 25.1. The van der Waals surface area contributed by atoms with Gasteiger partial charge in [-0.15, -0.1) is 0 Å². The summed E-state index contributed by atoms with van der Waals surface area (Å²) >= 11 is 0. The van der Waals surface area contributed by atoms with Crippen LogP contribution in [-0.2, 0) is 19.0 Å². The van der Waals surface area contributed by atoms with Crippen LogP contribution in [-0.4, -0.2) is 99.2 Å². The summed E-state index contributed by atoms with van der Waals surface area (Å²) in [5.41, 5.74) is 0. The lowest BCUT2D eigenvalue weighted by molar-refractivity contribution is -0.347. The Bertz CT molecular complexity index is 596. The van der Waals surface area contributed by atoms with Gasteiger partial charge in [0, 0.05) is 19.0 Å². The second kappa shape index (κ2) is 10.2. The average molecular weight is 433 g/mol. The van der Waals surface area contributed by atoms with Crippen LogP contribution in [0.3, 0.4) is 0 Å². The molecule has 2 saturated heterocycles. The second-order valence-electron chi connectivity index (χ2n) is 8.20. The maximum Gasteiger partial charge on any atom is 0.410 e. The van der Waals surface area contributed by atoms with Crippen LogP contribution >= 0.6 is 0 Å². The molecule has 0 bridgehead atoms. The summed E-state index contributed by atoms with van der Waals surface area (Å²) in [7, 11) is 0. The fourth-order valence-electron chi connectivity index (χ4n) is 4.28. The van der Waals surface area contributed by atoms with Gasteiger partial charge >= 0.3 is 12.1 Å². The summed E-state index contributed by atoms with van der Waals surface area (Å²) in [6, 6.07) is 0. The number of hydrogen-bond acceptors (Lipinski definition) is 9. The fraction of sp³-hybridized carbons (Fsp3) is 0.895. The van der Waals surface area contributed by atoms with Crippen LogP contribution < -0.4 is 0 Å². The average Bonchev–Trinajstić information content (AvgIpc) is 2.73. The topological polar surface area (TPSA) is 166 Å². The molecular formula is C19H31NO10.